The lowest BCUT2D eigenvalue weighted by Gasteiger charge is -2.28. The van der Waals surface area contributed by atoms with Gasteiger partial charge < -0.3 is 19.8 Å². The zero-order valence-corrected chi connectivity index (χ0v) is 12.0. The fourth-order valence-electron chi connectivity index (χ4n) is 1.74. The van der Waals surface area contributed by atoms with Gasteiger partial charge in [0.25, 0.3) is 0 Å². The first kappa shape index (κ1) is 16.0. The Hall–Kier alpha value is -1.10. The Labute approximate surface area is 115 Å². The first-order chi connectivity index (χ1) is 8.92. The van der Waals surface area contributed by atoms with Gasteiger partial charge in [-0.2, -0.15) is 0 Å². The predicted molar refractivity (Wildman–Crippen MR) is 77.5 cm³/mol. The summed E-state index contributed by atoms with van der Waals surface area (Å²) >= 11 is 0. The average Bonchev–Trinajstić information content (AvgIpc) is 2.36. The largest absolute Gasteiger partial charge is 0.395 e. The minimum Gasteiger partial charge on any atom is -0.395 e. The van der Waals surface area contributed by atoms with Crippen LogP contribution in [-0.4, -0.2) is 48.2 Å². The first-order valence-corrected chi connectivity index (χ1v) is 6.65. The Morgan fingerprint density at radius 3 is 2.37 bits per heavy atom. The van der Waals surface area contributed by atoms with Crippen LogP contribution >= 0.6 is 0 Å². The summed E-state index contributed by atoms with van der Waals surface area (Å²) in [6, 6.07) is 9.76. The van der Waals surface area contributed by atoms with Crippen LogP contribution in [0.15, 0.2) is 30.3 Å². The lowest BCUT2D eigenvalue weighted by molar-refractivity contribution is -0.0464. The van der Waals surface area contributed by atoms with Crippen molar-refractivity contribution in [2.45, 2.75) is 32.5 Å². The van der Waals surface area contributed by atoms with Crippen LogP contribution < -0.4 is 4.90 Å². The quantitative estimate of drug-likeness (QED) is 0.789. The van der Waals surface area contributed by atoms with Crippen LogP contribution in [0.2, 0.25) is 0 Å². The van der Waals surface area contributed by atoms with Crippen molar-refractivity contribution >= 4 is 5.69 Å². The third-order valence-electron chi connectivity index (χ3n) is 2.63. The van der Waals surface area contributed by atoms with Gasteiger partial charge in [-0.15, -0.1) is 0 Å². The number of rotatable bonds is 7. The first-order valence-electron chi connectivity index (χ1n) is 6.65. The van der Waals surface area contributed by atoms with Crippen LogP contribution in [0.1, 0.15) is 20.8 Å². The summed E-state index contributed by atoms with van der Waals surface area (Å²) in [6.07, 6.45) is -0.578. The molecule has 1 unspecified atom stereocenters. The van der Waals surface area contributed by atoms with Crippen molar-refractivity contribution in [3.8, 4) is 0 Å². The topological polar surface area (TPSA) is 52.9 Å². The SMILES string of the molecule is CC(C)(C)OCC(O)CN(CCO)c1ccccc1. The van der Waals surface area contributed by atoms with Crippen molar-refractivity contribution in [1.82, 2.24) is 0 Å². The summed E-state index contributed by atoms with van der Waals surface area (Å²) in [5, 5.41) is 19.1. The number of hydrogen-bond donors (Lipinski definition) is 2. The van der Waals surface area contributed by atoms with E-state index < -0.39 is 6.10 Å². The summed E-state index contributed by atoms with van der Waals surface area (Å²) < 4.78 is 5.57. The lowest BCUT2D eigenvalue weighted by atomic mass is 10.2. The molecule has 0 aliphatic carbocycles. The monoisotopic (exact) mass is 267 g/mol. The molecule has 0 fully saturated rings. The van der Waals surface area contributed by atoms with E-state index in [1.165, 1.54) is 0 Å². The van der Waals surface area contributed by atoms with E-state index in [0.717, 1.165) is 5.69 Å². The molecule has 19 heavy (non-hydrogen) atoms. The molecule has 2 N–H and O–H groups in total. The Bertz CT molecular complexity index is 348. The third kappa shape index (κ3) is 6.57. The van der Waals surface area contributed by atoms with Crippen molar-refractivity contribution < 1.29 is 14.9 Å². The molecule has 0 saturated heterocycles. The molecule has 1 atom stereocenters. The van der Waals surface area contributed by atoms with Crippen LogP contribution in [0.5, 0.6) is 0 Å². The molecular formula is C15H25NO3. The maximum atomic E-state index is 10.0. The highest BCUT2D eigenvalue weighted by Crippen LogP contribution is 2.14. The second kappa shape index (κ2) is 7.48. The van der Waals surface area contributed by atoms with Crippen LogP contribution in [0.3, 0.4) is 0 Å². The van der Waals surface area contributed by atoms with Gasteiger partial charge >= 0.3 is 0 Å². The molecule has 0 spiro atoms. The van der Waals surface area contributed by atoms with Gasteiger partial charge in [0.15, 0.2) is 0 Å². The number of benzene rings is 1. The molecule has 1 aromatic carbocycles. The number of ether oxygens (including phenoxy) is 1. The second-order valence-corrected chi connectivity index (χ2v) is 5.58. The summed E-state index contributed by atoms with van der Waals surface area (Å²) in [5.41, 5.74) is 0.738. The summed E-state index contributed by atoms with van der Waals surface area (Å²) in [4.78, 5) is 1.96. The van der Waals surface area contributed by atoms with Gasteiger partial charge in [0.2, 0.25) is 0 Å². The number of nitrogens with zero attached hydrogens (tertiary/aromatic N) is 1. The lowest BCUT2D eigenvalue weighted by Crippen LogP contribution is -2.38. The van der Waals surface area contributed by atoms with Crippen molar-refractivity contribution in [1.29, 1.82) is 0 Å². The van der Waals surface area contributed by atoms with Crippen LogP contribution in [0.4, 0.5) is 5.69 Å². The van der Waals surface area contributed by atoms with Gasteiger partial charge in [-0.25, -0.2) is 0 Å². The highest BCUT2D eigenvalue weighted by Gasteiger charge is 2.16. The summed E-state index contributed by atoms with van der Waals surface area (Å²) in [6.45, 7) is 7.17. The standard InChI is InChI=1S/C15H25NO3/c1-15(2,3)19-12-14(18)11-16(9-10-17)13-7-5-4-6-8-13/h4-8,14,17-18H,9-12H2,1-3H3. The summed E-state index contributed by atoms with van der Waals surface area (Å²) in [7, 11) is 0. The molecular weight excluding hydrogens is 242 g/mol. The van der Waals surface area contributed by atoms with Gasteiger partial charge in [-0.05, 0) is 32.9 Å². The number of para-hydroxylation sites is 1. The molecule has 0 amide bonds. The second-order valence-electron chi connectivity index (χ2n) is 5.58. The van der Waals surface area contributed by atoms with Gasteiger partial charge in [0, 0.05) is 18.8 Å². The molecule has 0 radical (unpaired) electrons. The van der Waals surface area contributed by atoms with E-state index in [1.54, 1.807) is 0 Å². The molecule has 0 saturated carbocycles. The molecule has 4 nitrogen and oxygen atoms in total. The van der Waals surface area contributed by atoms with Crippen molar-refractivity contribution in [3.63, 3.8) is 0 Å². The normalized spacial score (nSPS) is 13.3. The van der Waals surface area contributed by atoms with Crippen LogP contribution in [0.25, 0.3) is 0 Å². The average molecular weight is 267 g/mol. The minimum atomic E-state index is -0.578. The van der Waals surface area contributed by atoms with Gasteiger partial charge in [-0.1, -0.05) is 18.2 Å². The highest BCUT2D eigenvalue weighted by atomic mass is 16.5. The summed E-state index contributed by atoms with van der Waals surface area (Å²) in [5.74, 6) is 0. The number of anilines is 1. The van der Waals surface area contributed by atoms with E-state index >= 15 is 0 Å². The van der Waals surface area contributed by atoms with Crippen LogP contribution in [0, 0.1) is 0 Å². The molecule has 0 aliphatic heterocycles. The van der Waals surface area contributed by atoms with E-state index in [2.05, 4.69) is 0 Å². The van der Waals surface area contributed by atoms with Crippen LogP contribution in [-0.2, 0) is 4.74 Å². The molecule has 108 valence electrons. The van der Waals surface area contributed by atoms with E-state index in [4.69, 9.17) is 9.84 Å². The van der Waals surface area contributed by atoms with E-state index in [0.29, 0.717) is 13.1 Å². The van der Waals surface area contributed by atoms with E-state index in [9.17, 15) is 5.11 Å². The molecule has 1 aromatic rings. The van der Waals surface area contributed by atoms with Gasteiger partial charge in [0.05, 0.1) is 24.9 Å². The van der Waals surface area contributed by atoms with Crippen molar-refractivity contribution in [2.24, 2.45) is 0 Å². The smallest absolute Gasteiger partial charge is 0.0948 e. The minimum absolute atomic E-state index is 0.0573. The van der Waals surface area contributed by atoms with Crippen molar-refractivity contribution in [3.05, 3.63) is 30.3 Å². The van der Waals surface area contributed by atoms with Crippen molar-refractivity contribution in [2.75, 3.05) is 31.2 Å². The Morgan fingerprint density at radius 1 is 1.21 bits per heavy atom. The fraction of sp³-hybridized carbons (Fsp3) is 0.600. The molecule has 0 aliphatic rings. The Morgan fingerprint density at radius 2 is 1.84 bits per heavy atom. The number of aliphatic hydroxyl groups is 2. The zero-order valence-electron chi connectivity index (χ0n) is 12.0. The molecule has 0 heterocycles. The van der Waals surface area contributed by atoms with Gasteiger partial charge in [0.1, 0.15) is 0 Å². The molecule has 0 aromatic heterocycles. The van der Waals surface area contributed by atoms with Gasteiger partial charge in [-0.3, -0.25) is 0 Å². The number of aliphatic hydroxyl groups excluding tert-OH is 2. The molecule has 0 bridgehead atoms. The maximum absolute atomic E-state index is 10.0. The number of hydrogen-bond acceptors (Lipinski definition) is 4. The third-order valence-corrected chi connectivity index (χ3v) is 2.63. The highest BCUT2D eigenvalue weighted by molar-refractivity contribution is 5.46. The zero-order chi connectivity index (χ0) is 14.3. The van der Waals surface area contributed by atoms with E-state index in [1.807, 2.05) is 56.0 Å². The Kier molecular flexibility index (Phi) is 6.28. The Balaban J connectivity index is 2.54. The fourth-order valence-corrected chi connectivity index (χ4v) is 1.74. The maximum Gasteiger partial charge on any atom is 0.0948 e. The molecule has 4 heteroatoms. The van der Waals surface area contributed by atoms with E-state index in [-0.39, 0.29) is 18.8 Å². The predicted octanol–water partition coefficient (Wildman–Crippen LogP) is 1.66. The molecule has 1 rings (SSSR count).